The van der Waals surface area contributed by atoms with Gasteiger partial charge in [0.1, 0.15) is 0 Å². The predicted octanol–water partition coefficient (Wildman–Crippen LogP) is 1.49. The van der Waals surface area contributed by atoms with Crippen LogP contribution in [0.3, 0.4) is 0 Å². The molecule has 3 N–H and O–H groups in total. The Balaban J connectivity index is 2.02. The van der Waals surface area contributed by atoms with Crippen molar-refractivity contribution in [2.75, 3.05) is 5.32 Å². The van der Waals surface area contributed by atoms with Crippen LogP contribution in [-0.4, -0.2) is 27.1 Å². The molecule has 2 aromatic heterocycles. The van der Waals surface area contributed by atoms with E-state index in [1.807, 2.05) is 0 Å². The summed E-state index contributed by atoms with van der Waals surface area (Å²) in [6, 6.07) is 3.20. The van der Waals surface area contributed by atoms with Crippen molar-refractivity contribution in [3.8, 4) is 0 Å². The van der Waals surface area contributed by atoms with Gasteiger partial charge in [-0.1, -0.05) is 6.07 Å². The first-order chi connectivity index (χ1) is 9.16. The number of nitrogens with one attached hydrogen (secondary N) is 2. The average Bonchev–Trinajstić information content (AvgIpc) is 2.90. The molecule has 98 valence electrons. The van der Waals surface area contributed by atoms with E-state index in [2.05, 4.69) is 20.6 Å². The molecule has 0 spiro atoms. The minimum absolute atomic E-state index is 0.107. The summed E-state index contributed by atoms with van der Waals surface area (Å²) < 4.78 is 0. The van der Waals surface area contributed by atoms with E-state index in [0.29, 0.717) is 4.88 Å². The predicted molar refractivity (Wildman–Crippen MR) is 68.9 cm³/mol. The highest BCUT2D eigenvalue weighted by molar-refractivity contribution is 7.10. The van der Waals surface area contributed by atoms with Crippen LogP contribution in [0.4, 0.5) is 10.7 Å². The van der Waals surface area contributed by atoms with Gasteiger partial charge in [-0.05, 0) is 17.5 Å². The van der Waals surface area contributed by atoms with E-state index in [4.69, 9.17) is 5.11 Å². The van der Waals surface area contributed by atoms with E-state index in [-0.39, 0.29) is 5.95 Å². The molecule has 19 heavy (non-hydrogen) atoms. The summed E-state index contributed by atoms with van der Waals surface area (Å²) >= 11 is 1.25. The summed E-state index contributed by atoms with van der Waals surface area (Å²) in [5.41, 5.74) is 0. The number of thiophene rings is 1. The van der Waals surface area contributed by atoms with Crippen LogP contribution in [0.15, 0.2) is 36.0 Å². The zero-order chi connectivity index (χ0) is 13.7. The SMILES string of the molecule is O=C(Nc1ncccn1)NC(C(=O)O)c1cccs1. The molecule has 0 aromatic carbocycles. The molecule has 0 aliphatic carbocycles. The maximum absolute atomic E-state index is 11.7. The zero-order valence-corrected chi connectivity index (χ0v) is 10.4. The largest absolute Gasteiger partial charge is 0.479 e. The fourth-order valence-corrected chi connectivity index (χ4v) is 2.11. The van der Waals surface area contributed by atoms with Gasteiger partial charge in [0, 0.05) is 17.3 Å². The third kappa shape index (κ3) is 3.49. The van der Waals surface area contributed by atoms with Gasteiger partial charge in [0.25, 0.3) is 0 Å². The summed E-state index contributed by atoms with van der Waals surface area (Å²) in [7, 11) is 0. The number of anilines is 1. The van der Waals surface area contributed by atoms with Crippen molar-refractivity contribution in [1.29, 1.82) is 0 Å². The van der Waals surface area contributed by atoms with E-state index in [0.717, 1.165) is 0 Å². The molecule has 2 aromatic rings. The Bertz CT molecular complexity index is 559. The molecule has 7 nitrogen and oxygen atoms in total. The maximum atomic E-state index is 11.7. The summed E-state index contributed by atoms with van der Waals surface area (Å²) in [6.45, 7) is 0. The Kier molecular flexibility index (Phi) is 4.04. The van der Waals surface area contributed by atoms with Crippen LogP contribution in [-0.2, 0) is 4.79 Å². The number of urea groups is 1. The normalized spacial score (nSPS) is 11.6. The molecule has 0 aliphatic heterocycles. The Morgan fingerprint density at radius 3 is 2.58 bits per heavy atom. The third-order valence-corrected chi connectivity index (χ3v) is 3.08. The molecule has 2 rings (SSSR count). The van der Waals surface area contributed by atoms with Crippen LogP contribution in [0.2, 0.25) is 0 Å². The maximum Gasteiger partial charge on any atom is 0.331 e. The minimum Gasteiger partial charge on any atom is -0.479 e. The van der Waals surface area contributed by atoms with Gasteiger partial charge in [0.05, 0.1) is 0 Å². The highest BCUT2D eigenvalue weighted by Crippen LogP contribution is 2.19. The molecule has 0 fully saturated rings. The quantitative estimate of drug-likeness (QED) is 0.786. The highest BCUT2D eigenvalue weighted by atomic mass is 32.1. The lowest BCUT2D eigenvalue weighted by Gasteiger charge is -2.12. The lowest BCUT2D eigenvalue weighted by molar-refractivity contribution is -0.139. The Morgan fingerprint density at radius 1 is 1.26 bits per heavy atom. The van der Waals surface area contributed by atoms with Gasteiger partial charge in [0.15, 0.2) is 6.04 Å². The van der Waals surface area contributed by atoms with Crippen molar-refractivity contribution >= 4 is 29.3 Å². The summed E-state index contributed by atoms with van der Waals surface area (Å²) in [6.07, 6.45) is 2.94. The van der Waals surface area contributed by atoms with E-state index < -0.39 is 18.0 Å². The standard InChI is InChI=1S/C11H10N4O3S/c16-9(17)8(7-3-1-6-19-7)14-11(18)15-10-12-4-2-5-13-10/h1-6,8H,(H,16,17)(H2,12,13,14,15,18). The molecule has 0 saturated heterocycles. The van der Waals surface area contributed by atoms with Crippen molar-refractivity contribution in [3.63, 3.8) is 0 Å². The number of aromatic nitrogens is 2. The van der Waals surface area contributed by atoms with Crippen LogP contribution >= 0.6 is 11.3 Å². The van der Waals surface area contributed by atoms with Crippen LogP contribution in [0.5, 0.6) is 0 Å². The van der Waals surface area contributed by atoms with Crippen molar-refractivity contribution < 1.29 is 14.7 Å². The number of amides is 2. The van der Waals surface area contributed by atoms with Gasteiger partial charge in [-0.2, -0.15) is 0 Å². The zero-order valence-electron chi connectivity index (χ0n) is 9.61. The molecular weight excluding hydrogens is 268 g/mol. The van der Waals surface area contributed by atoms with Gasteiger partial charge in [0.2, 0.25) is 5.95 Å². The molecule has 2 heterocycles. The molecule has 0 aliphatic rings. The molecule has 0 bridgehead atoms. The first kappa shape index (κ1) is 13.0. The first-order valence-electron chi connectivity index (χ1n) is 5.27. The van der Waals surface area contributed by atoms with E-state index in [1.54, 1.807) is 23.6 Å². The van der Waals surface area contributed by atoms with Gasteiger partial charge in [-0.15, -0.1) is 11.3 Å². The number of carboxylic acids is 1. The smallest absolute Gasteiger partial charge is 0.331 e. The number of aliphatic carboxylic acids is 1. The number of carbonyl (C=O) groups excluding carboxylic acids is 1. The first-order valence-corrected chi connectivity index (χ1v) is 6.15. The Hall–Kier alpha value is -2.48. The fraction of sp³-hybridized carbons (Fsp3) is 0.0909. The van der Waals surface area contributed by atoms with Crippen LogP contribution in [0.25, 0.3) is 0 Å². The van der Waals surface area contributed by atoms with E-state index in [1.165, 1.54) is 23.7 Å². The van der Waals surface area contributed by atoms with Crippen molar-refractivity contribution in [1.82, 2.24) is 15.3 Å². The second-order valence-electron chi connectivity index (χ2n) is 3.46. The van der Waals surface area contributed by atoms with Gasteiger partial charge >= 0.3 is 12.0 Å². The molecular formula is C11H10N4O3S. The summed E-state index contributed by atoms with van der Waals surface area (Å²) in [4.78, 5) is 30.9. The molecule has 1 unspecified atom stereocenters. The number of carbonyl (C=O) groups is 2. The summed E-state index contributed by atoms with van der Waals surface area (Å²) in [5, 5.41) is 15.5. The Morgan fingerprint density at radius 2 is 2.00 bits per heavy atom. The van der Waals surface area contributed by atoms with Crippen molar-refractivity contribution in [2.45, 2.75) is 6.04 Å². The third-order valence-electron chi connectivity index (χ3n) is 2.14. The van der Waals surface area contributed by atoms with Gasteiger partial charge in [-0.25, -0.2) is 19.6 Å². The number of nitrogens with zero attached hydrogens (tertiary/aromatic N) is 2. The van der Waals surface area contributed by atoms with E-state index >= 15 is 0 Å². The topological polar surface area (TPSA) is 104 Å². The number of rotatable bonds is 4. The van der Waals surface area contributed by atoms with Crippen molar-refractivity contribution in [2.24, 2.45) is 0 Å². The second kappa shape index (κ2) is 5.91. The van der Waals surface area contributed by atoms with Gasteiger partial charge in [-0.3, -0.25) is 5.32 Å². The second-order valence-corrected chi connectivity index (χ2v) is 4.44. The number of hydrogen-bond donors (Lipinski definition) is 3. The lowest BCUT2D eigenvalue weighted by atomic mass is 10.2. The van der Waals surface area contributed by atoms with Crippen molar-refractivity contribution in [3.05, 3.63) is 40.8 Å². The fourth-order valence-electron chi connectivity index (χ4n) is 1.34. The number of hydrogen-bond acceptors (Lipinski definition) is 5. The monoisotopic (exact) mass is 278 g/mol. The molecule has 0 saturated carbocycles. The van der Waals surface area contributed by atoms with E-state index in [9.17, 15) is 9.59 Å². The van der Waals surface area contributed by atoms with Crippen LogP contribution < -0.4 is 10.6 Å². The van der Waals surface area contributed by atoms with Crippen LogP contribution in [0, 0.1) is 0 Å². The van der Waals surface area contributed by atoms with Crippen LogP contribution in [0.1, 0.15) is 10.9 Å². The number of carboxylic acid groups (broad SMARTS) is 1. The minimum atomic E-state index is -1.13. The highest BCUT2D eigenvalue weighted by Gasteiger charge is 2.23. The lowest BCUT2D eigenvalue weighted by Crippen LogP contribution is -2.36. The van der Waals surface area contributed by atoms with Gasteiger partial charge < -0.3 is 10.4 Å². The molecule has 2 amide bonds. The molecule has 0 radical (unpaired) electrons. The summed E-state index contributed by atoms with van der Waals surface area (Å²) in [5.74, 6) is -1.03. The molecule has 1 atom stereocenters. The average molecular weight is 278 g/mol. The Labute approximate surface area is 112 Å². The molecule has 8 heteroatoms.